The van der Waals surface area contributed by atoms with Crippen LogP contribution in [0.5, 0.6) is 5.75 Å². The Morgan fingerprint density at radius 2 is 1.64 bits per heavy atom. The standard InChI is InChI=1S/C28H26F4O/c1-2-3-18-4-6-19(7-5-18)8-9-20-10-12-21(13-11-20)22-14-15-24-23(16-22)17-25(29)27(26(24)30)33-28(31)32/h10-19,28H,2-7H2,1H3. The number of hydrogen-bond acceptors (Lipinski definition) is 1. The first kappa shape index (κ1) is 23.2. The van der Waals surface area contributed by atoms with Crippen LogP contribution in [0.15, 0.2) is 48.5 Å². The zero-order valence-electron chi connectivity index (χ0n) is 18.5. The molecule has 33 heavy (non-hydrogen) atoms. The molecule has 1 fully saturated rings. The zero-order valence-corrected chi connectivity index (χ0v) is 18.5. The van der Waals surface area contributed by atoms with Crippen molar-refractivity contribution < 1.29 is 22.3 Å². The minimum absolute atomic E-state index is 0.0203. The van der Waals surface area contributed by atoms with Gasteiger partial charge in [-0.3, -0.25) is 0 Å². The average molecular weight is 455 g/mol. The summed E-state index contributed by atoms with van der Waals surface area (Å²) in [5.74, 6) is 4.66. The van der Waals surface area contributed by atoms with Crippen LogP contribution in [-0.2, 0) is 0 Å². The van der Waals surface area contributed by atoms with Crippen molar-refractivity contribution in [3.63, 3.8) is 0 Å². The van der Waals surface area contributed by atoms with Gasteiger partial charge in [0.05, 0.1) is 0 Å². The van der Waals surface area contributed by atoms with Gasteiger partial charge in [0.15, 0.2) is 17.4 Å². The molecular weight excluding hydrogens is 428 g/mol. The fourth-order valence-electron chi connectivity index (χ4n) is 4.62. The van der Waals surface area contributed by atoms with E-state index >= 15 is 0 Å². The van der Waals surface area contributed by atoms with Crippen molar-refractivity contribution >= 4 is 10.8 Å². The summed E-state index contributed by atoms with van der Waals surface area (Å²) in [5, 5.41) is 0.290. The normalized spacial score (nSPS) is 18.2. The van der Waals surface area contributed by atoms with Crippen molar-refractivity contribution in [3.05, 3.63) is 65.7 Å². The summed E-state index contributed by atoms with van der Waals surface area (Å²) in [4.78, 5) is 0. The molecule has 3 aromatic rings. The first-order valence-electron chi connectivity index (χ1n) is 11.4. The molecule has 0 aromatic heterocycles. The quantitative estimate of drug-likeness (QED) is 0.278. The van der Waals surface area contributed by atoms with Gasteiger partial charge in [-0.2, -0.15) is 8.78 Å². The molecule has 1 saturated carbocycles. The van der Waals surface area contributed by atoms with E-state index in [1.807, 2.05) is 24.3 Å². The van der Waals surface area contributed by atoms with Gasteiger partial charge >= 0.3 is 6.61 Å². The van der Waals surface area contributed by atoms with Crippen LogP contribution in [0.25, 0.3) is 21.9 Å². The van der Waals surface area contributed by atoms with Gasteiger partial charge in [-0.15, -0.1) is 0 Å². The largest absolute Gasteiger partial charge is 0.429 e. The molecule has 0 radical (unpaired) electrons. The van der Waals surface area contributed by atoms with Crippen molar-refractivity contribution in [3.8, 4) is 28.7 Å². The molecule has 0 spiro atoms. The number of ether oxygens (including phenoxy) is 1. The van der Waals surface area contributed by atoms with Gasteiger partial charge < -0.3 is 4.74 Å². The van der Waals surface area contributed by atoms with Gasteiger partial charge in [-0.25, -0.2) is 8.78 Å². The minimum Gasteiger partial charge on any atom is -0.429 e. The average Bonchev–Trinajstić information content (AvgIpc) is 2.81. The number of benzene rings is 3. The molecule has 4 rings (SSSR count). The van der Waals surface area contributed by atoms with Gasteiger partial charge in [0.25, 0.3) is 0 Å². The second kappa shape index (κ2) is 10.3. The van der Waals surface area contributed by atoms with Crippen LogP contribution < -0.4 is 4.74 Å². The first-order chi connectivity index (χ1) is 15.9. The molecular formula is C28H26F4O. The van der Waals surface area contributed by atoms with Gasteiger partial charge in [0.2, 0.25) is 0 Å². The van der Waals surface area contributed by atoms with Gasteiger partial charge in [-0.1, -0.05) is 55.9 Å². The SMILES string of the molecule is CCCC1CCC(C#Cc2ccc(-c3ccc4c(F)c(OC(F)F)c(F)cc4c3)cc2)CC1. The van der Waals surface area contributed by atoms with Gasteiger partial charge in [-0.05, 0) is 72.4 Å². The summed E-state index contributed by atoms with van der Waals surface area (Å²) >= 11 is 0. The highest BCUT2D eigenvalue weighted by Crippen LogP contribution is 2.34. The Labute approximate surface area is 191 Å². The molecule has 0 atom stereocenters. The summed E-state index contributed by atoms with van der Waals surface area (Å²) in [6, 6.07) is 13.5. The second-order valence-corrected chi connectivity index (χ2v) is 8.67. The number of fused-ring (bicyclic) bond motifs is 1. The zero-order chi connectivity index (χ0) is 23.4. The lowest BCUT2D eigenvalue weighted by molar-refractivity contribution is -0.0544. The van der Waals surface area contributed by atoms with Crippen LogP contribution in [-0.4, -0.2) is 6.61 Å². The van der Waals surface area contributed by atoms with Crippen molar-refractivity contribution in [1.82, 2.24) is 0 Å². The molecule has 3 aromatic carbocycles. The van der Waals surface area contributed by atoms with Gasteiger partial charge in [0, 0.05) is 16.9 Å². The van der Waals surface area contributed by atoms with E-state index in [4.69, 9.17) is 0 Å². The Bertz CT molecular complexity index is 1170. The lowest BCUT2D eigenvalue weighted by atomic mass is 9.80. The molecule has 0 amide bonds. The maximum atomic E-state index is 14.5. The second-order valence-electron chi connectivity index (χ2n) is 8.67. The summed E-state index contributed by atoms with van der Waals surface area (Å²) in [5.41, 5.74) is 2.56. The summed E-state index contributed by atoms with van der Waals surface area (Å²) in [7, 11) is 0. The van der Waals surface area contributed by atoms with E-state index < -0.39 is 24.0 Å². The van der Waals surface area contributed by atoms with Crippen LogP contribution in [0, 0.1) is 35.3 Å². The maximum absolute atomic E-state index is 14.5. The number of alkyl halides is 2. The van der Waals surface area contributed by atoms with Gasteiger partial charge in [0.1, 0.15) is 0 Å². The Morgan fingerprint density at radius 1 is 0.939 bits per heavy atom. The highest BCUT2D eigenvalue weighted by Gasteiger charge is 2.20. The number of rotatable bonds is 5. The Hall–Kier alpha value is -3.00. The molecule has 0 aliphatic heterocycles. The van der Waals surface area contributed by atoms with Crippen molar-refractivity contribution in [2.45, 2.75) is 52.1 Å². The Kier molecular flexibility index (Phi) is 7.23. The molecule has 0 saturated heterocycles. The smallest absolute Gasteiger partial charge is 0.387 e. The summed E-state index contributed by atoms with van der Waals surface area (Å²) < 4.78 is 57.4. The van der Waals surface area contributed by atoms with Crippen LogP contribution in [0.1, 0.15) is 51.0 Å². The molecule has 1 nitrogen and oxygen atoms in total. The third-order valence-electron chi connectivity index (χ3n) is 6.38. The molecule has 0 bridgehead atoms. The van der Waals surface area contributed by atoms with Crippen LogP contribution >= 0.6 is 0 Å². The maximum Gasteiger partial charge on any atom is 0.387 e. The van der Waals surface area contributed by atoms with Crippen molar-refractivity contribution in [1.29, 1.82) is 0 Å². The monoisotopic (exact) mass is 454 g/mol. The minimum atomic E-state index is -3.30. The predicted octanol–water partition coefficient (Wildman–Crippen LogP) is 8.34. The van der Waals surface area contributed by atoms with E-state index in [2.05, 4.69) is 23.5 Å². The molecule has 0 heterocycles. The van der Waals surface area contributed by atoms with Crippen molar-refractivity contribution in [2.75, 3.05) is 0 Å². The molecule has 1 aliphatic carbocycles. The van der Waals surface area contributed by atoms with E-state index in [0.717, 1.165) is 28.7 Å². The molecule has 1 aliphatic rings. The molecule has 0 unspecified atom stereocenters. The fourth-order valence-corrected chi connectivity index (χ4v) is 4.62. The van der Waals surface area contributed by atoms with E-state index in [1.54, 1.807) is 12.1 Å². The van der Waals surface area contributed by atoms with Crippen molar-refractivity contribution in [2.24, 2.45) is 11.8 Å². The lowest BCUT2D eigenvalue weighted by Gasteiger charge is -2.25. The molecule has 172 valence electrons. The van der Waals surface area contributed by atoms with E-state index in [1.165, 1.54) is 44.6 Å². The highest BCUT2D eigenvalue weighted by molar-refractivity contribution is 5.89. The predicted molar refractivity (Wildman–Crippen MR) is 123 cm³/mol. The summed E-state index contributed by atoms with van der Waals surface area (Å²) in [6.07, 6.45) is 7.45. The Morgan fingerprint density at radius 3 is 2.30 bits per heavy atom. The highest BCUT2D eigenvalue weighted by atomic mass is 19.3. The molecule has 0 N–H and O–H groups in total. The Balaban J connectivity index is 1.49. The summed E-state index contributed by atoms with van der Waals surface area (Å²) in [6.45, 7) is -1.06. The van der Waals surface area contributed by atoms with E-state index in [9.17, 15) is 17.6 Å². The van der Waals surface area contributed by atoms with Crippen LogP contribution in [0.2, 0.25) is 0 Å². The number of halogens is 4. The van der Waals surface area contributed by atoms with E-state index in [0.29, 0.717) is 5.92 Å². The lowest BCUT2D eigenvalue weighted by Crippen LogP contribution is -2.13. The topological polar surface area (TPSA) is 9.23 Å². The number of hydrogen-bond donors (Lipinski definition) is 0. The van der Waals surface area contributed by atoms with E-state index in [-0.39, 0.29) is 10.8 Å². The molecule has 5 heteroatoms. The first-order valence-corrected chi connectivity index (χ1v) is 11.4. The van der Waals surface area contributed by atoms with Crippen LogP contribution in [0.3, 0.4) is 0 Å². The van der Waals surface area contributed by atoms with Crippen LogP contribution in [0.4, 0.5) is 17.6 Å². The third-order valence-corrected chi connectivity index (χ3v) is 6.38. The third kappa shape index (κ3) is 5.50. The fraction of sp³-hybridized carbons (Fsp3) is 0.357.